The number of hydrogen-bond donors (Lipinski definition) is 2. The van der Waals surface area contributed by atoms with Gasteiger partial charge < -0.3 is 14.2 Å². The molecule has 0 saturated carbocycles. The van der Waals surface area contributed by atoms with Gasteiger partial charge in [0.15, 0.2) is 5.82 Å². The van der Waals surface area contributed by atoms with Gasteiger partial charge in [-0.05, 0) is 54.6 Å². The molecule has 2 aromatic carbocycles. The Morgan fingerprint density at radius 3 is 2.34 bits per heavy atom. The van der Waals surface area contributed by atoms with Crippen LogP contribution in [0.1, 0.15) is 12.0 Å². The summed E-state index contributed by atoms with van der Waals surface area (Å²) in [7, 11) is 1.43. The van der Waals surface area contributed by atoms with Gasteiger partial charge in [0.1, 0.15) is 23.3 Å². The molecule has 1 aliphatic heterocycles. The van der Waals surface area contributed by atoms with Crippen molar-refractivity contribution in [3.8, 4) is 29.1 Å². The summed E-state index contributed by atoms with van der Waals surface area (Å²) in [6, 6.07) is 16.2. The van der Waals surface area contributed by atoms with Crippen LogP contribution in [0.2, 0.25) is 0 Å². The lowest BCUT2D eigenvalue weighted by molar-refractivity contribution is -0.153. The zero-order valence-electron chi connectivity index (χ0n) is 20.0. The molecule has 0 atom stereocenters. The molecule has 4 amide bonds. The van der Waals surface area contributed by atoms with E-state index in [9.17, 15) is 14.4 Å². The third-order valence-corrected chi connectivity index (χ3v) is 5.78. The molecule has 2 aromatic heterocycles. The SMILES string of the molecule is COCCC1(Oc2ccc(Oc3ccc4nn(-c5ccc(C#N)cn5)cc4c3)cc2)C(=O)NC(=O)NC1=O. The number of rotatable bonds is 8. The summed E-state index contributed by atoms with van der Waals surface area (Å²) in [4.78, 5) is 40.9. The van der Waals surface area contributed by atoms with Crippen molar-refractivity contribution < 1.29 is 28.6 Å². The highest BCUT2D eigenvalue weighted by atomic mass is 16.5. The Balaban J connectivity index is 1.32. The number of methoxy groups -OCH3 is 1. The van der Waals surface area contributed by atoms with E-state index >= 15 is 0 Å². The van der Waals surface area contributed by atoms with Gasteiger partial charge in [-0.15, -0.1) is 0 Å². The summed E-state index contributed by atoms with van der Waals surface area (Å²) >= 11 is 0. The fourth-order valence-corrected chi connectivity index (χ4v) is 3.84. The Morgan fingerprint density at radius 2 is 1.68 bits per heavy atom. The molecular formula is C26H20N6O6. The number of urea groups is 1. The van der Waals surface area contributed by atoms with Crippen molar-refractivity contribution in [3.63, 3.8) is 0 Å². The second-order valence-electron chi connectivity index (χ2n) is 8.29. The first kappa shape index (κ1) is 24.4. The average molecular weight is 512 g/mol. The molecule has 0 unspecified atom stereocenters. The van der Waals surface area contributed by atoms with Crippen molar-refractivity contribution in [1.82, 2.24) is 25.4 Å². The molecule has 2 N–H and O–H groups in total. The number of imide groups is 2. The van der Waals surface area contributed by atoms with Crippen molar-refractivity contribution in [2.45, 2.75) is 12.0 Å². The van der Waals surface area contributed by atoms with E-state index in [1.807, 2.05) is 18.2 Å². The highest BCUT2D eigenvalue weighted by molar-refractivity contribution is 6.21. The molecule has 0 radical (unpaired) electrons. The van der Waals surface area contributed by atoms with Gasteiger partial charge in [0.05, 0.1) is 17.7 Å². The summed E-state index contributed by atoms with van der Waals surface area (Å²) in [5.74, 6) is 0.101. The number of ether oxygens (including phenoxy) is 3. The van der Waals surface area contributed by atoms with E-state index < -0.39 is 23.4 Å². The lowest BCUT2D eigenvalue weighted by atomic mass is 9.95. The smallest absolute Gasteiger partial charge is 0.328 e. The zero-order chi connectivity index (χ0) is 26.7. The molecule has 3 heterocycles. The first-order chi connectivity index (χ1) is 18.4. The summed E-state index contributed by atoms with van der Waals surface area (Å²) < 4.78 is 18.4. The summed E-state index contributed by atoms with van der Waals surface area (Å²) in [5.41, 5.74) is -0.763. The van der Waals surface area contributed by atoms with Crippen LogP contribution >= 0.6 is 0 Å². The van der Waals surface area contributed by atoms with Crippen molar-refractivity contribution in [2.75, 3.05) is 13.7 Å². The predicted octanol–water partition coefficient (Wildman–Crippen LogP) is 2.60. The molecule has 190 valence electrons. The second-order valence-corrected chi connectivity index (χ2v) is 8.29. The zero-order valence-corrected chi connectivity index (χ0v) is 20.0. The Bertz CT molecular complexity index is 1550. The van der Waals surface area contributed by atoms with E-state index in [0.29, 0.717) is 22.9 Å². The fourth-order valence-electron chi connectivity index (χ4n) is 3.84. The standard InChI is InChI=1S/C26H20N6O6/c1-36-11-10-26(23(33)29-25(35)30-24(26)34)38-19-5-3-18(4-6-19)37-20-7-8-21-17(12-20)15-32(31-21)22-9-2-16(13-27)14-28-22/h2-9,12,14-15H,10-11H2,1H3,(H2,29,30,33,34,35). The molecule has 5 rings (SSSR count). The number of barbiturate groups is 1. The van der Waals surface area contributed by atoms with Gasteiger partial charge in [0.25, 0.3) is 17.4 Å². The first-order valence-electron chi connectivity index (χ1n) is 11.4. The van der Waals surface area contributed by atoms with Crippen LogP contribution in [-0.2, 0) is 14.3 Å². The van der Waals surface area contributed by atoms with Gasteiger partial charge in [0.2, 0.25) is 0 Å². The molecule has 38 heavy (non-hydrogen) atoms. The number of amides is 4. The maximum atomic E-state index is 12.6. The highest BCUT2D eigenvalue weighted by Gasteiger charge is 2.52. The number of aromatic nitrogens is 3. The van der Waals surface area contributed by atoms with Gasteiger partial charge >= 0.3 is 6.03 Å². The highest BCUT2D eigenvalue weighted by Crippen LogP contribution is 2.30. The lowest BCUT2D eigenvalue weighted by Gasteiger charge is -2.34. The maximum absolute atomic E-state index is 12.6. The van der Waals surface area contributed by atoms with Crippen LogP contribution in [0.4, 0.5) is 4.79 Å². The molecule has 12 nitrogen and oxygen atoms in total. The summed E-state index contributed by atoms with van der Waals surface area (Å²) in [6.07, 6.45) is 3.19. The number of fused-ring (bicyclic) bond motifs is 1. The number of nitrogens with one attached hydrogen (secondary N) is 2. The second kappa shape index (κ2) is 10.00. The predicted molar refractivity (Wildman–Crippen MR) is 132 cm³/mol. The minimum Gasteiger partial charge on any atom is -0.467 e. The maximum Gasteiger partial charge on any atom is 0.328 e. The van der Waals surface area contributed by atoms with Crippen LogP contribution in [0.3, 0.4) is 0 Å². The van der Waals surface area contributed by atoms with Crippen molar-refractivity contribution >= 4 is 28.7 Å². The van der Waals surface area contributed by atoms with E-state index in [0.717, 1.165) is 10.9 Å². The van der Waals surface area contributed by atoms with E-state index in [-0.39, 0.29) is 18.8 Å². The van der Waals surface area contributed by atoms with Gasteiger partial charge in [-0.3, -0.25) is 20.2 Å². The van der Waals surface area contributed by atoms with Gasteiger partial charge in [-0.2, -0.15) is 10.4 Å². The van der Waals surface area contributed by atoms with Crippen LogP contribution in [0.5, 0.6) is 17.2 Å². The Labute approximate surface area is 215 Å². The average Bonchev–Trinajstić information content (AvgIpc) is 3.35. The number of benzene rings is 2. The largest absolute Gasteiger partial charge is 0.467 e. The van der Waals surface area contributed by atoms with Crippen molar-refractivity contribution in [1.29, 1.82) is 5.26 Å². The molecule has 0 spiro atoms. The van der Waals surface area contributed by atoms with Crippen molar-refractivity contribution in [2.24, 2.45) is 0 Å². The van der Waals surface area contributed by atoms with Crippen molar-refractivity contribution in [3.05, 3.63) is 72.6 Å². The minimum atomic E-state index is -1.96. The number of carbonyl (C=O) groups excluding carboxylic acids is 3. The monoisotopic (exact) mass is 512 g/mol. The molecule has 4 aromatic rings. The van der Waals surface area contributed by atoms with E-state index in [1.165, 1.54) is 13.3 Å². The molecular weight excluding hydrogens is 492 g/mol. The Kier molecular flexibility index (Phi) is 6.42. The van der Waals surface area contributed by atoms with Crippen LogP contribution in [0, 0.1) is 11.3 Å². The number of hydrogen-bond acceptors (Lipinski definition) is 9. The van der Waals surface area contributed by atoms with E-state index in [4.69, 9.17) is 19.5 Å². The van der Waals surface area contributed by atoms with Crippen LogP contribution in [0.25, 0.3) is 16.7 Å². The summed E-state index contributed by atoms with van der Waals surface area (Å²) in [6.45, 7) is 0.0521. The third-order valence-electron chi connectivity index (χ3n) is 5.78. The van der Waals surface area contributed by atoms with E-state index in [2.05, 4.69) is 20.7 Å². The molecule has 1 fully saturated rings. The molecule has 1 saturated heterocycles. The summed E-state index contributed by atoms with van der Waals surface area (Å²) in [5, 5.41) is 18.4. The van der Waals surface area contributed by atoms with Crippen LogP contribution in [0.15, 0.2) is 67.0 Å². The number of pyridine rings is 1. The molecule has 1 aliphatic rings. The minimum absolute atomic E-state index is 0.0521. The molecule has 0 aliphatic carbocycles. The molecule has 12 heteroatoms. The number of nitrogens with zero attached hydrogens (tertiary/aromatic N) is 4. The topological polar surface area (TPSA) is 157 Å². The van der Waals surface area contributed by atoms with E-state index in [1.54, 1.807) is 53.3 Å². The first-order valence-corrected chi connectivity index (χ1v) is 11.4. The lowest BCUT2D eigenvalue weighted by Crippen LogP contribution is -2.69. The van der Waals surface area contributed by atoms with Crippen LogP contribution in [-0.4, -0.2) is 51.9 Å². The Hall–Kier alpha value is -5.28. The number of nitriles is 1. The van der Waals surface area contributed by atoms with Gasteiger partial charge in [-0.25, -0.2) is 14.5 Å². The van der Waals surface area contributed by atoms with Gasteiger partial charge in [0, 0.05) is 31.3 Å². The molecule has 0 bridgehead atoms. The third kappa shape index (κ3) is 4.73. The quantitative estimate of drug-likeness (QED) is 0.339. The fraction of sp³-hybridized carbons (Fsp3) is 0.154. The number of carbonyl (C=O) groups is 3. The normalized spacial score (nSPS) is 14.5. The Morgan fingerprint density at radius 1 is 0.974 bits per heavy atom. The van der Waals surface area contributed by atoms with Crippen LogP contribution < -0.4 is 20.1 Å². The van der Waals surface area contributed by atoms with Gasteiger partial charge in [-0.1, -0.05) is 0 Å².